The van der Waals surface area contributed by atoms with E-state index >= 15 is 0 Å². The summed E-state index contributed by atoms with van der Waals surface area (Å²) in [6, 6.07) is 6.92. The van der Waals surface area contributed by atoms with Crippen LogP contribution in [-0.4, -0.2) is 42.4 Å². The molecule has 140 valence electrons. The Balaban J connectivity index is 1.63. The van der Waals surface area contributed by atoms with Crippen LogP contribution < -0.4 is 15.5 Å². The van der Waals surface area contributed by atoms with Crippen LogP contribution >= 0.6 is 0 Å². The van der Waals surface area contributed by atoms with E-state index in [-0.39, 0.29) is 23.7 Å². The van der Waals surface area contributed by atoms with Crippen molar-refractivity contribution >= 4 is 11.8 Å². The molecule has 1 aliphatic heterocycles. The third-order valence-electron chi connectivity index (χ3n) is 5.38. The Bertz CT molecular complexity index is 691. The molecule has 2 fully saturated rings. The summed E-state index contributed by atoms with van der Waals surface area (Å²) >= 11 is 0. The minimum Gasteiger partial charge on any atom is -0.465 e. The summed E-state index contributed by atoms with van der Waals surface area (Å²) in [5, 5.41) is 24.2. The number of carboxylic acid groups (broad SMARTS) is 1. The van der Waals surface area contributed by atoms with Crippen LogP contribution in [0.15, 0.2) is 18.2 Å². The van der Waals surface area contributed by atoms with E-state index in [9.17, 15) is 9.18 Å². The van der Waals surface area contributed by atoms with E-state index in [4.69, 9.17) is 10.4 Å². The molecule has 7 heteroatoms. The molecule has 0 aromatic heterocycles. The fourth-order valence-corrected chi connectivity index (χ4v) is 4.10. The lowest BCUT2D eigenvalue weighted by Crippen LogP contribution is -2.57. The molecule has 1 saturated heterocycles. The topological polar surface area (TPSA) is 88.4 Å². The highest BCUT2D eigenvalue weighted by Crippen LogP contribution is 2.24. The van der Waals surface area contributed by atoms with Crippen LogP contribution in [-0.2, 0) is 0 Å². The average Bonchev–Trinajstić information content (AvgIpc) is 2.63. The van der Waals surface area contributed by atoms with Crippen molar-refractivity contribution < 1.29 is 14.3 Å². The van der Waals surface area contributed by atoms with Crippen molar-refractivity contribution in [3.8, 4) is 6.07 Å². The molecule has 1 heterocycles. The van der Waals surface area contributed by atoms with E-state index in [1.807, 2.05) is 6.07 Å². The molecule has 1 amide bonds. The zero-order valence-corrected chi connectivity index (χ0v) is 14.7. The molecule has 0 bridgehead atoms. The largest absolute Gasteiger partial charge is 0.465 e. The van der Waals surface area contributed by atoms with Gasteiger partial charge in [-0.2, -0.15) is 5.26 Å². The molecule has 1 aromatic carbocycles. The number of nitrogens with zero attached hydrogens (tertiary/aromatic N) is 2. The minimum absolute atomic E-state index is 0.0519. The van der Waals surface area contributed by atoms with E-state index in [0.717, 1.165) is 57.3 Å². The average molecular weight is 360 g/mol. The summed E-state index contributed by atoms with van der Waals surface area (Å²) in [4.78, 5) is 13.2. The number of nitrogens with one attached hydrogen (secondary N) is 2. The first kappa shape index (κ1) is 18.5. The third kappa shape index (κ3) is 4.44. The summed E-state index contributed by atoms with van der Waals surface area (Å²) in [7, 11) is 0. The van der Waals surface area contributed by atoms with Crippen molar-refractivity contribution in [3.05, 3.63) is 29.6 Å². The molecule has 1 saturated carbocycles. The van der Waals surface area contributed by atoms with Crippen molar-refractivity contribution in [2.45, 2.75) is 56.7 Å². The maximum Gasteiger partial charge on any atom is 0.404 e. The Morgan fingerprint density at radius 2 is 2.00 bits per heavy atom. The Hall–Kier alpha value is -2.33. The highest BCUT2D eigenvalue weighted by atomic mass is 19.1. The van der Waals surface area contributed by atoms with Crippen LogP contribution in [0, 0.1) is 17.1 Å². The van der Waals surface area contributed by atoms with E-state index < -0.39 is 11.9 Å². The van der Waals surface area contributed by atoms with Crippen LogP contribution in [0.5, 0.6) is 0 Å². The molecule has 2 aliphatic rings. The monoisotopic (exact) mass is 360 g/mol. The van der Waals surface area contributed by atoms with Crippen molar-refractivity contribution in [1.82, 2.24) is 10.6 Å². The summed E-state index contributed by atoms with van der Waals surface area (Å²) in [6.45, 7) is 1.60. The normalized spacial score (nSPS) is 26.2. The number of anilines is 1. The summed E-state index contributed by atoms with van der Waals surface area (Å²) in [6.07, 6.45) is 5.02. The number of halogens is 1. The Morgan fingerprint density at radius 3 is 2.69 bits per heavy atom. The lowest BCUT2D eigenvalue weighted by Gasteiger charge is -2.40. The molecular weight excluding hydrogens is 335 g/mol. The standard InChI is InChI=1S/C19H25FN4O2/c20-16-10-15(8-7-13(16)11-21)24-9-3-4-14(12-24)22-17-5-1-2-6-18(17)23-19(25)26/h7-8,10,14,17-18,22-23H,1-6,9,12H2,(H,25,26). The molecule has 0 radical (unpaired) electrons. The maximum atomic E-state index is 13.9. The van der Waals surface area contributed by atoms with E-state index in [0.29, 0.717) is 0 Å². The van der Waals surface area contributed by atoms with Gasteiger partial charge in [0.25, 0.3) is 0 Å². The summed E-state index contributed by atoms with van der Waals surface area (Å²) < 4.78 is 13.9. The molecule has 1 aromatic rings. The molecule has 3 rings (SSSR count). The minimum atomic E-state index is -0.970. The highest BCUT2D eigenvalue weighted by molar-refractivity contribution is 5.65. The first-order valence-electron chi connectivity index (χ1n) is 9.27. The SMILES string of the molecule is N#Cc1ccc(N2CCCC(NC3CCCCC3NC(=O)O)C2)cc1F. The van der Waals surface area contributed by atoms with Gasteiger partial charge in [0.1, 0.15) is 11.9 Å². The molecule has 3 unspecified atom stereocenters. The van der Waals surface area contributed by atoms with Crippen LogP contribution in [0.25, 0.3) is 0 Å². The van der Waals surface area contributed by atoms with Crippen molar-refractivity contribution in [1.29, 1.82) is 5.26 Å². The second kappa shape index (κ2) is 8.37. The van der Waals surface area contributed by atoms with E-state index in [1.54, 1.807) is 6.07 Å². The van der Waals surface area contributed by atoms with Gasteiger partial charge in [-0.3, -0.25) is 0 Å². The van der Waals surface area contributed by atoms with Gasteiger partial charge in [-0.05, 0) is 43.9 Å². The molecule has 3 N–H and O–H groups in total. The van der Waals surface area contributed by atoms with Crippen molar-refractivity contribution in [2.24, 2.45) is 0 Å². The number of benzene rings is 1. The molecule has 6 nitrogen and oxygen atoms in total. The van der Waals surface area contributed by atoms with Crippen molar-refractivity contribution in [2.75, 3.05) is 18.0 Å². The molecule has 1 aliphatic carbocycles. The summed E-state index contributed by atoms with van der Waals surface area (Å²) in [5.74, 6) is -0.488. The summed E-state index contributed by atoms with van der Waals surface area (Å²) in [5.41, 5.74) is 0.849. The van der Waals surface area contributed by atoms with Crippen LogP contribution in [0.2, 0.25) is 0 Å². The predicted octanol–water partition coefficient (Wildman–Crippen LogP) is 2.83. The highest BCUT2D eigenvalue weighted by Gasteiger charge is 2.30. The van der Waals surface area contributed by atoms with Crippen LogP contribution in [0.4, 0.5) is 14.9 Å². The number of rotatable bonds is 4. The van der Waals surface area contributed by atoms with Gasteiger partial charge in [-0.1, -0.05) is 12.8 Å². The Morgan fingerprint density at radius 1 is 1.23 bits per heavy atom. The number of nitriles is 1. The van der Waals surface area contributed by atoms with Gasteiger partial charge in [0, 0.05) is 36.9 Å². The number of piperidine rings is 1. The van der Waals surface area contributed by atoms with Gasteiger partial charge in [0.15, 0.2) is 0 Å². The number of carbonyl (C=O) groups is 1. The second-order valence-electron chi connectivity index (χ2n) is 7.17. The zero-order chi connectivity index (χ0) is 18.5. The van der Waals surface area contributed by atoms with Crippen LogP contribution in [0.3, 0.4) is 0 Å². The van der Waals surface area contributed by atoms with Gasteiger partial charge < -0.3 is 20.6 Å². The molecular formula is C19H25FN4O2. The smallest absolute Gasteiger partial charge is 0.404 e. The maximum absolute atomic E-state index is 13.9. The van der Waals surface area contributed by atoms with Gasteiger partial charge in [-0.15, -0.1) is 0 Å². The lowest BCUT2D eigenvalue weighted by atomic mass is 9.89. The van der Waals surface area contributed by atoms with Gasteiger partial charge in [0.2, 0.25) is 0 Å². The molecule has 26 heavy (non-hydrogen) atoms. The Labute approximate surface area is 153 Å². The van der Waals surface area contributed by atoms with Gasteiger partial charge in [0.05, 0.1) is 5.56 Å². The number of hydrogen-bond donors (Lipinski definition) is 3. The van der Waals surface area contributed by atoms with E-state index in [2.05, 4.69) is 15.5 Å². The first-order valence-corrected chi connectivity index (χ1v) is 9.27. The van der Waals surface area contributed by atoms with E-state index in [1.165, 1.54) is 12.1 Å². The second-order valence-corrected chi connectivity index (χ2v) is 7.17. The first-order chi connectivity index (χ1) is 12.6. The zero-order valence-electron chi connectivity index (χ0n) is 14.7. The van der Waals surface area contributed by atoms with Gasteiger partial charge in [-0.25, -0.2) is 9.18 Å². The lowest BCUT2D eigenvalue weighted by molar-refractivity contribution is 0.176. The third-order valence-corrected chi connectivity index (χ3v) is 5.38. The fourth-order valence-electron chi connectivity index (χ4n) is 4.10. The molecule has 0 spiro atoms. The quantitative estimate of drug-likeness (QED) is 0.768. The van der Waals surface area contributed by atoms with Gasteiger partial charge >= 0.3 is 6.09 Å². The predicted molar refractivity (Wildman–Crippen MR) is 96.7 cm³/mol. The van der Waals surface area contributed by atoms with Crippen LogP contribution in [0.1, 0.15) is 44.1 Å². The molecule has 3 atom stereocenters. The number of hydrogen-bond acceptors (Lipinski definition) is 4. The Kier molecular flexibility index (Phi) is 5.94. The number of amides is 1. The van der Waals surface area contributed by atoms with Crippen molar-refractivity contribution in [3.63, 3.8) is 0 Å². The fraction of sp³-hybridized carbons (Fsp3) is 0.579.